The molecular weight excluding hydrogens is 452 g/mol. The molecule has 33 heavy (non-hydrogen) atoms. The molecule has 5 rings (SSSR count). The SMILES string of the molecule is CCCc1cc2c(N3CCN(C(=O)c4ccc(-c5ccccc5)cc4)CC3)nc(Cl)nc2s1. The van der Waals surface area contributed by atoms with Gasteiger partial charge in [-0.2, -0.15) is 4.98 Å². The Balaban J connectivity index is 1.29. The van der Waals surface area contributed by atoms with Crippen LogP contribution in [0.15, 0.2) is 60.7 Å². The maximum Gasteiger partial charge on any atom is 0.253 e. The molecule has 0 spiro atoms. The fourth-order valence-electron chi connectivity index (χ4n) is 4.28. The predicted octanol–water partition coefficient (Wildman–Crippen LogP) is 5.93. The zero-order chi connectivity index (χ0) is 22.8. The Morgan fingerprint density at radius 1 is 0.970 bits per heavy atom. The van der Waals surface area contributed by atoms with E-state index < -0.39 is 0 Å². The van der Waals surface area contributed by atoms with Crippen LogP contribution in [-0.4, -0.2) is 47.0 Å². The van der Waals surface area contributed by atoms with Crippen molar-refractivity contribution in [1.29, 1.82) is 0 Å². The average Bonchev–Trinajstić information content (AvgIpc) is 3.26. The molecule has 0 radical (unpaired) electrons. The highest BCUT2D eigenvalue weighted by Gasteiger charge is 2.25. The van der Waals surface area contributed by atoms with Gasteiger partial charge in [0, 0.05) is 36.6 Å². The molecule has 1 aliphatic heterocycles. The minimum atomic E-state index is 0.0703. The fraction of sp³-hybridized carbons (Fsp3) is 0.269. The van der Waals surface area contributed by atoms with E-state index >= 15 is 0 Å². The zero-order valence-corrected chi connectivity index (χ0v) is 20.1. The third kappa shape index (κ3) is 4.59. The lowest BCUT2D eigenvalue weighted by Gasteiger charge is -2.35. The number of benzene rings is 2. The number of rotatable bonds is 5. The summed E-state index contributed by atoms with van der Waals surface area (Å²) < 4.78 is 0. The minimum Gasteiger partial charge on any atom is -0.352 e. The van der Waals surface area contributed by atoms with Gasteiger partial charge >= 0.3 is 0 Å². The largest absolute Gasteiger partial charge is 0.352 e. The molecule has 0 bridgehead atoms. The molecular formula is C26H25ClN4OS. The summed E-state index contributed by atoms with van der Waals surface area (Å²) in [4.78, 5) is 28.5. The lowest BCUT2D eigenvalue weighted by Crippen LogP contribution is -2.49. The number of aromatic nitrogens is 2. The number of carbonyl (C=O) groups excluding carboxylic acids is 1. The van der Waals surface area contributed by atoms with E-state index in [1.54, 1.807) is 11.3 Å². The Morgan fingerprint density at radius 2 is 1.67 bits per heavy atom. The lowest BCUT2D eigenvalue weighted by molar-refractivity contribution is 0.0746. The zero-order valence-electron chi connectivity index (χ0n) is 18.5. The second-order valence-corrected chi connectivity index (χ2v) is 9.67. The van der Waals surface area contributed by atoms with E-state index in [1.165, 1.54) is 4.88 Å². The number of amides is 1. The molecule has 0 unspecified atom stereocenters. The van der Waals surface area contributed by atoms with E-state index in [9.17, 15) is 4.79 Å². The number of aryl methyl sites for hydroxylation is 1. The van der Waals surface area contributed by atoms with Crippen molar-refractivity contribution < 1.29 is 4.79 Å². The van der Waals surface area contributed by atoms with Crippen molar-refractivity contribution in [2.75, 3.05) is 31.1 Å². The normalized spacial score (nSPS) is 14.1. The van der Waals surface area contributed by atoms with Crippen molar-refractivity contribution in [3.63, 3.8) is 0 Å². The number of anilines is 1. The maximum absolute atomic E-state index is 13.1. The van der Waals surface area contributed by atoms with Crippen LogP contribution in [0.5, 0.6) is 0 Å². The summed E-state index contributed by atoms with van der Waals surface area (Å²) in [5.74, 6) is 0.948. The second kappa shape index (κ2) is 9.49. The predicted molar refractivity (Wildman–Crippen MR) is 136 cm³/mol. The fourth-order valence-corrected chi connectivity index (χ4v) is 5.62. The van der Waals surface area contributed by atoms with Crippen LogP contribution < -0.4 is 4.90 Å². The van der Waals surface area contributed by atoms with Crippen molar-refractivity contribution in [3.8, 4) is 11.1 Å². The van der Waals surface area contributed by atoms with Crippen molar-refractivity contribution in [2.45, 2.75) is 19.8 Å². The molecule has 1 amide bonds. The van der Waals surface area contributed by atoms with Gasteiger partial charge in [0.25, 0.3) is 5.91 Å². The molecule has 2 aromatic heterocycles. The van der Waals surface area contributed by atoms with E-state index in [-0.39, 0.29) is 11.2 Å². The number of nitrogens with zero attached hydrogens (tertiary/aromatic N) is 4. The van der Waals surface area contributed by atoms with Gasteiger partial charge in [-0.05, 0) is 47.3 Å². The lowest BCUT2D eigenvalue weighted by atomic mass is 10.0. The summed E-state index contributed by atoms with van der Waals surface area (Å²) >= 11 is 7.93. The van der Waals surface area contributed by atoms with E-state index in [0.29, 0.717) is 13.1 Å². The van der Waals surface area contributed by atoms with Gasteiger partial charge in [0.05, 0.1) is 5.39 Å². The van der Waals surface area contributed by atoms with E-state index in [0.717, 1.165) is 58.7 Å². The van der Waals surface area contributed by atoms with Crippen LogP contribution in [0.1, 0.15) is 28.6 Å². The van der Waals surface area contributed by atoms with Crippen LogP contribution in [0, 0.1) is 0 Å². The van der Waals surface area contributed by atoms with Crippen molar-refractivity contribution >= 4 is 44.9 Å². The Bertz CT molecular complexity index is 1260. The minimum absolute atomic E-state index is 0.0703. The molecule has 0 saturated carbocycles. The third-order valence-corrected chi connectivity index (χ3v) is 7.26. The maximum atomic E-state index is 13.1. The third-order valence-electron chi connectivity index (χ3n) is 6.00. The van der Waals surface area contributed by atoms with Crippen molar-refractivity contribution in [1.82, 2.24) is 14.9 Å². The van der Waals surface area contributed by atoms with Gasteiger partial charge in [-0.3, -0.25) is 4.79 Å². The molecule has 4 aromatic rings. The Labute approximate surface area is 202 Å². The van der Waals surface area contributed by atoms with Crippen molar-refractivity contribution in [3.05, 3.63) is 76.4 Å². The Morgan fingerprint density at radius 3 is 2.36 bits per heavy atom. The number of hydrogen-bond donors (Lipinski definition) is 0. The molecule has 0 atom stereocenters. The summed E-state index contributed by atoms with van der Waals surface area (Å²) in [7, 11) is 0. The first-order valence-electron chi connectivity index (χ1n) is 11.3. The standard InChI is InChI=1S/C26H25ClN4OS/c1-2-6-21-17-22-23(28-26(27)29-24(22)33-21)30-13-15-31(16-14-30)25(32)20-11-9-19(10-12-20)18-7-4-3-5-8-18/h3-5,7-12,17H,2,6,13-16H2,1H3. The first-order valence-corrected chi connectivity index (χ1v) is 12.5. The number of carbonyl (C=O) groups is 1. The summed E-state index contributed by atoms with van der Waals surface area (Å²) in [6.07, 6.45) is 2.12. The van der Waals surface area contributed by atoms with Crippen LogP contribution in [0.4, 0.5) is 5.82 Å². The number of fused-ring (bicyclic) bond motifs is 1. The second-order valence-electron chi connectivity index (χ2n) is 8.22. The summed E-state index contributed by atoms with van der Waals surface area (Å²) in [6.45, 7) is 4.91. The number of hydrogen-bond acceptors (Lipinski definition) is 5. The van der Waals surface area contributed by atoms with Crippen LogP contribution in [0.2, 0.25) is 5.28 Å². The number of piperazine rings is 1. The highest BCUT2D eigenvalue weighted by molar-refractivity contribution is 7.18. The monoisotopic (exact) mass is 476 g/mol. The smallest absolute Gasteiger partial charge is 0.253 e. The van der Waals surface area contributed by atoms with Crippen LogP contribution in [0.25, 0.3) is 21.3 Å². The topological polar surface area (TPSA) is 49.3 Å². The molecule has 0 N–H and O–H groups in total. The van der Waals surface area contributed by atoms with Crippen LogP contribution in [-0.2, 0) is 6.42 Å². The summed E-state index contributed by atoms with van der Waals surface area (Å²) in [6, 6.07) is 20.3. The highest BCUT2D eigenvalue weighted by atomic mass is 35.5. The quantitative estimate of drug-likeness (QED) is 0.335. The van der Waals surface area contributed by atoms with Crippen molar-refractivity contribution in [2.24, 2.45) is 0 Å². The van der Waals surface area contributed by atoms with Gasteiger partial charge in [-0.25, -0.2) is 4.98 Å². The van der Waals surface area contributed by atoms with Gasteiger partial charge in [-0.15, -0.1) is 11.3 Å². The summed E-state index contributed by atoms with van der Waals surface area (Å²) in [5, 5.41) is 1.34. The van der Waals surface area contributed by atoms with Gasteiger partial charge in [0.2, 0.25) is 5.28 Å². The van der Waals surface area contributed by atoms with Gasteiger partial charge in [-0.1, -0.05) is 55.8 Å². The van der Waals surface area contributed by atoms with Gasteiger partial charge < -0.3 is 9.80 Å². The average molecular weight is 477 g/mol. The first kappa shape index (κ1) is 21.9. The van der Waals surface area contributed by atoms with Gasteiger partial charge in [0.1, 0.15) is 10.6 Å². The molecule has 0 aliphatic carbocycles. The molecule has 7 heteroatoms. The van der Waals surface area contributed by atoms with Crippen LogP contribution >= 0.6 is 22.9 Å². The number of thiophene rings is 1. The van der Waals surface area contributed by atoms with Gasteiger partial charge in [0.15, 0.2) is 0 Å². The van der Waals surface area contributed by atoms with E-state index in [1.807, 2.05) is 47.4 Å². The Hall–Kier alpha value is -2.96. The Kier molecular flexibility index (Phi) is 6.29. The summed E-state index contributed by atoms with van der Waals surface area (Å²) in [5.41, 5.74) is 2.98. The molecule has 168 valence electrons. The van der Waals surface area contributed by atoms with E-state index in [2.05, 4.69) is 40.0 Å². The molecule has 2 aromatic carbocycles. The first-order chi connectivity index (χ1) is 16.1. The molecule has 1 aliphatic rings. The molecule has 1 fully saturated rings. The molecule has 3 heterocycles. The van der Waals surface area contributed by atoms with Crippen LogP contribution in [0.3, 0.4) is 0 Å². The molecule has 1 saturated heterocycles. The number of halogens is 1. The van der Waals surface area contributed by atoms with E-state index in [4.69, 9.17) is 11.6 Å². The molecule has 5 nitrogen and oxygen atoms in total. The highest BCUT2D eigenvalue weighted by Crippen LogP contribution is 2.33.